The zero-order valence-electron chi connectivity index (χ0n) is 7.17. The second-order valence-electron chi connectivity index (χ2n) is 2.52. The lowest BCUT2D eigenvalue weighted by Gasteiger charge is -2.04. The van der Waals surface area contributed by atoms with Gasteiger partial charge in [-0.3, -0.25) is 4.79 Å². The summed E-state index contributed by atoms with van der Waals surface area (Å²) < 4.78 is 0.677. The van der Waals surface area contributed by atoms with E-state index in [1.54, 1.807) is 6.07 Å². The lowest BCUT2D eigenvalue weighted by molar-refractivity contribution is 0.0954. The molecular weight excluding hydrogens is 234 g/mol. The minimum absolute atomic E-state index is 0.0875. The van der Waals surface area contributed by atoms with Gasteiger partial charge in [0.05, 0.1) is 5.56 Å². The molecule has 4 heteroatoms. The molecule has 0 bridgehead atoms. The third kappa shape index (κ3) is 2.45. The number of nitrogens with one attached hydrogen (secondary N) is 1. The summed E-state index contributed by atoms with van der Waals surface area (Å²) in [4.78, 5) is 11.4. The van der Waals surface area contributed by atoms with Crippen molar-refractivity contribution in [2.24, 2.45) is 0 Å². The highest BCUT2D eigenvalue weighted by Gasteiger charge is 2.08. The van der Waals surface area contributed by atoms with E-state index in [2.05, 4.69) is 21.2 Å². The number of carbonyl (C=O) groups is 1. The van der Waals surface area contributed by atoms with Gasteiger partial charge in [-0.05, 0) is 41.1 Å². The van der Waals surface area contributed by atoms with Crippen molar-refractivity contribution in [1.29, 1.82) is 0 Å². The van der Waals surface area contributed by atoms with Gasteiger partial charge in [-0.2, -0.15) is 0 Å². The van der Waals surface area contributed by atoms with Gasteiger partial charge >= 0.3 is 0 Å². The molecule has 0 saturated carbocycles. The maximum atomic E-state index is 11.4. The first-order chi connectivity index (χ1) is 6.15. The normalized spacial score (nSPS) is 9.69. The Morgan fingerprint density at radius 2 is 2.31 bits per heavy atom. The molecule has 3 nitrogen and oxygen atoms in total. The van der Waals surface area contributed by atoms with Gasteiger partial charge < -0.3 is 10.4 Å². The van der Waals surface area contributed by atoms with E-state index in [-0.39, 0.29) is 11.7 Å². The first kappa shape index (κ1) is 10.1. The molecule has 0 aromatic heterocycles. The molecule has 1 amide bonds. The Hall–Kier alpha value is -1.03. The first-order valence-corrected chi connectivity index (χ1v) is 4.71. The van der Waals surface area contributed by atoms with Crippen molar-refractivity contribution in [3.8, 4) is 5.75 Å². The quantitative estimate of drug-likeness (QED) is 0.834. The van der Waals surface area contributed by atoms with Crippen LogP contribution in [0.3, 0.4) is 0 Å². The minimum Gasteiger partial charge on any atom is -0.508 e. The molecule has 0 heterocycles. The molecule has 0 unspecified atom stereocenters. The maximum Gasteiger partial charge on any atom is 0.252 e. The molecule has 0 aliphatic heterocycles. The number of phenols is 1. The number of aromatic hydroxyl groups is 1. The predicted octanol–water partition coefficient (Wildman–Crippen LogP) is 1.90. The lowest BCUT2D eigenvalue weighted by Crippen LogP contribution is -2.22. The smallest absolute Gasteiger partial charge is 0.252 e. The van der Waals surface area contributed by atoms with Crippen LogP contribution in [0.25, 0.3) is 0 Å². The zero-order chi connectivity index (χ0) is 9.84. The molecule has 0 saturated heterocycles. The summed E-state index contributed by atoms with van der Waals surface area (Å²) in [5.41, 5.74) is 0.446. The van der Waals surface area contributed by atoms with Crippen molar-refractivity contribution in [2.75, 3.05) is 6.54 Å². The van der Waals surface area contributed by atoms with E-state index < -0.39 is 0 Å². The number of benzene rings is 1. The summed E-state index contributed by atoms with van der Waals surface area (Å²) in [6.45, 7) is 2.41. The van der Waals surface area contributed by atoms with Crippen LogP contribution in [0.2, 0.25) is 0 Å². The van der Waals surface area contributed by atoms with Crippen LogP contribution in [0.15, 0.2) is 22.7 Å². The molecule has 0 spiro atoms. The highest BCUT2D eigenvalue weighted by atomic mass is 79.9. The molecule has 0 aliphatic carbocycles. The summed E-state index contributed by atoms with van der Waals surface area (Å²) >= 11 is 3.23. The fraction of sp³-hybridized carbons (Fsp3) is 0.222. The Morgan fingerprint density at radius 1 is 1.62 bits per heavy atom. The second-order valence-corrected chi connectivity index (χ2v) is 3.38. The van der Waals surface area contributed by atoms with Crippen molar-refractivity contribution < 1.29 is 9.90 Å². The topological polar surface area (TPSA) is 49.3 Å². The van der Waals surface area contributed by atoms with E-state index in [0.717, 1.165) is 0 Å². The van der Waals surface area contributed by atoms with E-state index in [1.165, 1.54) is 12.1 Å². The first-order valence-electron chi connectivity index (χ1n) is 3.92. The third-order valence-electron chi connectivity index (χ3n) is 1.53. The molecule has 0 radical (unpaired) electrons. The van der Waals surface area contributed by atoms with Crippen LogP contribution >= 0.6 is 15.9 Å². The van der Waals surface area contributed by atoms with Crippen molar-refractivity contribution in [1.82, 2.24) is 5.32 Å². The molecule has 1 aromatic carbocycles. The Labute approximate surface area is 84.9 Å². The van der Waals surface area contributed by atoms with Crippen LogP contribution in [0.1, 0.15) is 17.3 Å². The monoisotopic (exact) mass is 243 g/mol. The Balaban J connectivity index is 2.99. The van der Waals surface area contributed by atoms with Gasteiger partial charge in [-0.1, -0.05) is 0 Å². The summed E-state index contributed by atoms with van der Waals surface area (Å²) in [5, 5.41) is 11.8. The number of hydrogen-bond acceptors (Lipinski definition) is 2. The fourth-order valence-corrected chi connectivity index (χ4v) is 1.37. The van der Waals surface area contributed by atoms with Crippen LogP contribution in [-0.4, -0.2) is 17.6 Å². The molecule has 1 rings (SSSR count). The average molecular weight is 244 g/mol. The van der Waals surface area contributed by atoms with Crippen molar-refractivity contribution in [2.45, 2.75) is 6.92 Å². The number of rotatable bonds is 2. The number of halogens is 1. The molecule has 0 atom stereocenters. The fourth-order valence-electron chi connectivity index (χ4n) is 0.943. The second kappa shape index (κ2) is 4.28. The standard InChI is InChI=1S/C9H10BrNO2/c1-2-11-9(13)7-5-6(12)3-4-8(7)10/h3-5,12H,2H2,1H3,(H,11,13). The maximum absolute atomic E-state index is 11.4. The highest BCUT2D eigenvalue weighted by molar-refractivity contribution is 9.10. The van der Waals surface area contributed by atoms with Crippen LogP contribution in [0.4, 0.5) is 0 Å². The van der Waals surface area contributed by atoms with Crippen LogP contribution in [0.5, 0.6) is 5.75 Å². The zero-order valence-corrected chi connectivity index (χ0v) is 8.76. The highest BCUT2D eigenvalue weighted by Crippen LogP contribution is 2.21. The van der Waals surface area contributed by atoms with Gasteiger partial charge in [0.15, 0.2) is 0 Å². The van der Waals surface area contributed by atoms with Gasteiger partial charge in [0.1, 0.15) is 5.75 Å². The molecule has 1 aromatic rings. The van der Waals surface area contributed by atoms with E-state index in [1.807, 2.05) is 6.92 Å². The molecule has 0 aliphatic rings. The van der Waals surface area contributed by atoms with E-state index in [9.17, 15) is 4.79 Å². The third-order valence-corrected chi connectivity index (χ3v) is 2.22. The molecule has 13 heavy (non-hydrogen) atoms. The number of amides is 1. The molecular formula is C9H10BrNO2. The predicted molar refractivity (Wildman–Crippen MR) is 53.8 cm³/mol. The Bertz CT molecular complexity index is 325. The van der Waals surface area contributed by atoms with Crippen LogP contribution < -0.4 is 5.32 Å². The minimum atomic E-state index is -0.190. The van der Waals surface area contributed by atoms with Gasteiger partial charge in [-0.15, -0.1) is 0 Å². The van der Waals surface area contributed by atoms with Crippen molar-refractivity contribution in [3.63, 3.8) is 0 Å². The molecule has 70 valence electrons. The Morgan fingerprint density at radius 3 is 2.92 bits per heavy atom. The van der Waals surface area contributed by atoms with Gasteiger partial charge in [0.25, 0.3) is 5.91 Å². The summed E-state index contributed by atoms with van der Waals surface area (Å²) in [7, 11) is 0. The van der Waals surface area contributed by atoms with E-state index in [4.69, 9.17) is 5.11 Å². The number of hydrogen-bond donors (Lipinski definition) is 2. The number of carbonyl (C=O) groups excluding carboxylic acids is 1. The van der Waals surface area contributed by atoms with E-state index >= 15 is 0 Å². The molecule has 2 N–H and O–H groups in total. The Kier molecular flexibility index (Phi) is 3.31. The van der Waals surface area contributed by atoms with Crippen molar-refractivity contribution in [3.05, 3.63) is 28.2 Å². The lowest BCUT2D eigenvalue weighted by atomic mass is 10.2. The van der Waals surface area contributed by atoms with Gasteiger partial charge in [-0.25, -0.2) is 0 Å². The van der Waals surface area contributed by atoms with Gasteiger partial charge in [0.2, 0.25) is 0 Å². The average Bonchev–Trinajstić information content (AvgIpc) is 2.09. The largest absolute Gasteiger partial charge is 0.508 e. The summed E-state index contributed by atoms with van der Waals surface area (Å²) in [5.74, 6) is -0.102. The molecule has 0 fully saturated rings. The van der Waals surface area contributed by atoms with Crippen LogP contribution in [0, 0.1) is 0 Å². The van der Waals surface area contributed by atoms with E-state index in [0.29, 0.717) is 16.6 Å². The van der Waals surface area contributed by atoms with Gasteiger partial charge in [0, 0.05) is 11.0 Å². The summed E-state index contributed by atoms with van der Waals surface area (Å²) in [6.07, 6.45) is 0. The summed E-state index contributed by atoms with van der Waals surface area (Å²) in [6, 6.07) is 4.59. The van der Waals surface area contributed by atoms with Crippen molar-refractivity contribution >= 4 is 21.8 Å². The SMILES string of the molecule is CCNC(=O)c1cc(O)ccc1Br. The number of phenolic OH excluding ortho intramolecular Hbond substituents is 1. The van der Waals surface area contributed by atoms with Crippen LogP contribution in [-0.2, 0) is 0 Å².